The second-order valence-electron chi connectivity index (χ2n) is 9.67. The predicted octanol–water partition coefficient (Wildman–Crippen LogP) is 9.69. The molecule has 0 atom stereocenters. The Labute approximate surface area is 196 Å². The molecule has 0 aliphatic carbocycles. The fourth-order valence-corrected chi connectivity index (χ4v) is 3.41. The standard InChI is InChI=1S/C20H26.C8H10S.C2H6/c1-19(2,3)17-11-7-15(8-12-17)16-9-13-18(14-10-16)20(4,5)6;1-7-3-5-8(9-2)6-4-7;1-2/h7-14H,1-6H3;3-6H,1-2H3;1-2H3. The Bertz CT molecular complexity index is 816. The van der Waals surface area contributed by atoms with Crippen molar-refractivity contribution in [2.24, 2.45) is 0 Å². The maximum Gasteiger partial charge on any atom is 0.00693 e. The molecular formula is C30H42S. The van der Waals surface area contributed by atoms with E-state index in [1.54, 1.807) is 11.8 Å². The zero-order valence-corrected chi connectivity index (χ0v) is 22.2. The summed E-state index contributed by atoms with van der Waals surface area (Å²) in [7, 11) is 0. The molecule has 1 heteroatoms. The molecular weight excluding hydrogens is 392 g/mol. The lowest BCUT2D eigenvalue weighted by molar-refractivity contribution is 0.590. The van der Waals surface area contributed by atoms with Gasteiger partial charge in [0.2, 0.25) is 0 Å². The zero-order valence-electron chi connectivity index (χ0n) is 21.3. The Morgan fingerprint density at radius 3 is 1.10 bits per heavy atom. The van der Waals surface area contributed by atoms with E-state index in [0.29, 0.717) is 0 Å². The van der Waals surface area contributed by atoms with Crippen LogP contribution in [0.15, 0.2) is 77.7 Å². The lowest BCUT2D eigenvalue weighted by Gasteiger charge is -2.20. The molecule has 0 N–H and O–H groups in total. The van der Waals surface area contributed by atoms with Crippen LogP contribution in [-0.4, -0.2) is 6.26 Å². The van der Waals surface area contributed by atoms with Gasteiger partial charge in [0.15, 0.2) is 0 Å². The summed E-state index contributed by atoms with van der Waals surface area (Å²) in [5.74, 6) is 0. The van der Waals surface area contributed by atoms with Crippen molar-refractivity contribution in [3.05, 3.63) is 89.5 Å². The van der Waals surface area contributed by atoms with Gasteiger partial charge >= 0.3 is 0 Å². The van der Waals surface area contributed by atoms with Crippen LogP contribution < -0.4 is 0 Å². The summed E-state index contributed by atoms with van der Waals surface area (Å²) >= 11 is 1.78. The van der Waals surface area contributed by atoms with Crippen molar-refractivity contribution in [2.75, 3.05) is 6.26 Å². The van der Waals surface area contributed by atoms with Gasteiger partial charge in [-0.05, 0) is 58.4 Å². The molecule has 0 amide bonds. The fourth-order valence-electron chi connectivity index (χ4n) is 3.00. The highest BCUT2D eigenvalue weighted by Crippen LogP contribution is 2.28. The highest BCUT2D eigenvalue weighted by Gasteiger charge is 2.14. The maximum absolute atomic E-state index is 2.25. The maximum atomic E-state index is 2.25. The normalized spacial score (nSPS) is 11.0. The minimum atomic E-state index is 0.217. The van der Waals surface area contributed by atoms with Gasteiger partial charge in [-0.3, -0.25) is 0 Å². The lowest BCUT2D eigenvalue weighted by Crippen LogP contribution is -2.10. The molecule has 0 fully saturated rings. The van der Waals surface area contributed by atoms with E-state index in [1.165, 1.54) is 32.7 Å². The smallest absolute Gasteiger partial charge is 0.00693 e. The predicted molar refractivity (Wildman–Crippen MR) is 144 cm³/mol. The second kappa shape index (κ2) is 12.2. The molecule has 0 radical (unpaired) electrons. The van der Waals surface area contributed by atoms with Crippen LogP contribution in [0.5, 0.6) is 0 Å². The Morgan fingerprint density at radius 2 is 0.839 bits per heavy atom. The minimum Gasteiger partial charge on any atom is -0.130 e. The van der Waals surface area contributed by atoms with Crippen LogP contribution in [0.25, 0.3) is 11.1 Å². The van der Waals surface area contributed by atoms with Crippen molar-refractivity contribution < 1.29 is 0 Å². The monoisotopic (exact) mass is 434 g/mol. The van der Waals surface area contributed by atoms with E-state index in [0.717, 1.165) is 0 Å². The van der Waals surface area contributed by atoms with Crippen LogP contribution in [0, 0.1) is 6.92 Å². The molecule has 0 heterocycles. The number of hydrogen-bond acceptors (Lipinski definition) is 1. The summed E-state index contributed by atoms with van der Waals surface area (Å²) in [4.78, 5) is 1.33. The van der Waals surface area contributed by atoms with Gasteiger partial charge in [-0.2, -0.15) is 0 Å². The Kier molecular flexibility index (Phi) is 10.6. The molecule has 0 spiro atoms. The van der Waals surface area contributed by atoms with Crippen molar-refractivity contribution in [1.29, 1.82) is 0 Å². The molecule has 3 aromatic carbocycles. The summed E-state index contributed by atoms with van der Waals surface area (Å²) in [6, 6.07) is 26.4. The minimum absolute atomic E-state index is 0.217. The molecule has 0 unspecified atom stereocenters. The SMILES string of the molecule is CC.CC(C)(C)c1ccc(-c2ccc(C(C)(C)C)cc2)cc1.CSc1ccc(C)cc1. The van der Waals surface area contributed by atoms with Gasteiger partial charge in [0.05, 0.1) is 0 Å². The van der Waals surface area contributed by atoms with Crippen LogP contribution in [0.3, 0.4) is 0 Å². The molecule has 0 bridgehead atoms. The largest absolute Gasteiger partial charge is 0.130 e. The molecule has 0 nitrogen and oxygen atoms in total. The van der Waals surface area contributed by atoms with Gasteiger partial charge in [-0.1, -0.05) is 122 Å². The number of rotatable bonds is 2. The molecule has 0 aliphatic rings. The number of benzene rings is 3. The quantitative estimate of drug-likeness (QED) is 0.362. The van der Waals surface area contributed by atoms with Gasteiger partial charge in [0, 0.05) is 4.90 Å². The molecule has 0 aromatic heterocycles. The topological polar surface area (TPSA) is 0 Å². The van der Waals surface area contributed by atoms with E-state index in [2.05, 4.69) is 128 Å². The summed E-state index contributed by atoms with van der Waals surface area (Å²) in [6.07, 6.45) is 2.09. The first-order valence-electron chi connectivity index (χ1n) is 11.3. The van der Waals surface area contributed by atoms with Crippen molar-refractivity contribution in [2.45, 2.75) is 78.0 Å². The van der Waals surface area contributed by atoms with Crippen molar-refractivity contribution in [3.8, 4) is 11.1 Å². The van der Waals surface area contributed by atoms with Crippen LogP contribution in [-0.2, 0) is 10.8 Å². The van der Waals surface area contributed by atoms with E-state index in [4.69, 9.17) is 0 Å². The molecule has 168 valence electrons. The van der Waals surface area contributed by atoms with Crippen molar-refractivity contribution in [3.63, 3.8) is 0 Å². The first kappa shape index (κ1) is 27.0. The van der Waals surface area contributed by atoms with Crippen molar-refractivity contribution in [1.82, 2.24) is 0 Å². The molecule has 0 saturated heterocycles. The Hall–Kier alpha value is -1.99. The van der Waals surface area contributed by atoms with Gasteiger partial charge < -0.3 is 0 Å². The molecule has 0 saturated carbocycles. The van der Waals surface area contributed by atoms with E-state index < -0.39 is 0 Å². The second-order valence-corrected chi connectivity index (χ2v) is 10.6. The number of aryl methyl sites for hydroxylation is 1. The average molecular weight is 435 g/mol. The molecule has 31 heavy (non-hydrogen) atoms. The summed E-state index contributed by atoms with van der Waals surface area (Å²) in [6.45, 7) is 19.6. The molecule has 0 aliphatic heterocycles. The molecule has 3 rings (SSSR count). The van der Waals surface area contributed by atoms with Gasteiger partial charge in [-0.15, -0.1) is 11.8 Å². The highest BCUT2D eigenvalue weighted by atomic mass is 32.2. The first-order chi connectivity index (χ1) is 14.5. The average Bonchev–Trinajstić information content (AvgIpc) is 2.75. The van der Waals surface area contributed by atoms with Gasteiger partial charge in [-0.25, -0.2) is 0 Å². The number of thioether (sulfide) groups is 1. The van der Waals surface area contributed by atoms with E-state index in [9.17, 15) is 0 Å². The fraction of sp³-hybridized carbons (Fsp3) is 0.400. The van der Waals surface area contributed by atoms with Crippen LogP contribution in [0.4, 0.5) is 0 Å². The van der Waals surface area contributed by atoms with Crippen molar-refractivity contribution >= 4 is 11.8 Å². The van der Waals surface area contributed by atoms with Gasteiger partial charge in [0.25, 0.3) is 0 Å². The summed E-state index contributed by atoms with van der Waals surface area (Å²) in [5.41, 5.74) is 7.10. The summed E-state index contributed by atoms with van der Waals surface area (Å²) < 4.78 is 0. The van der Waals surface area contributed by atoms with Crippen LogP contribution >= 0.6 is 11.8 Å². The first-order valence-corrected chi connectivity index (χ1v) is 12.6. The highest BCUT2D eigenvalue weighted by molar-refractivity contribution is 7.98. The summed E-state index contributed by atoms with van der Waals surface area (Å²) in [5, 5.41) is 0. The van der Waals surface area contributed by atoms with Crippen LogP contribution in [0.2, 0.25) is 0 Å². The van der Waals surface area contributed by atoms with E-state index in [-0.39, 0.29) is 10.8 Å². The third-order valence-corrected chi connectivity index (χ3v) is 5.84. The van der Waals surface area contributed by atoms with E-state index in [1.807, 2.05) is 13.8 Å². The van der Waals surface area contributed by atoms with Gasteiger partial charge in [0.1, 0.15) is 0 Å². The Balaban J connectivity index is 0.000000365. The third-order valence-electron chi connectivity index (χ3n) is 5.09. The zero-order chi connectivity index (χ0) is 23.7. The lowest BCUT2D eigenvalue weighted by atomic mass is 9.85. The number of hydrogen-bond donors (Lipinski definition) is 0. The Morgan fingerprint density at radius 1 is 0.516 bits per heavy atom. The van der Waals surface area contributed by atoms with Crippen LogP contribution in [0.1, 0.15) is 72.1 Å². The van der Waals surface area contributed by atoms with E-state index >= 15 is 0 Å². The molecule has 3 aromatic rings. The third kappa shape index (κ3) is 8.95.